The van der Waals surface area contributed by atoms with Crippen molar-refractivity contribution in [3.8, 4) is 11.8 Å². The molecule has 0 rings (SSSR count). The van der Waals surface area contributed by atoms with Crippen LogP contribution in [0, 0.1) is 11.8 Å². The topological polar surface area (TPSA) is 64.6 Å². The summed E-state index contributed by atoms with van der Waals surface area (Å²) in [4.78, 5) is 22.0. The molecule has 0 saturated heterocycles. The van der Waals surface area contributed by atoms with Crippen LogP contribution < -0.4 is 5.32 Å². The van der Waals surface area contributed by atoms with E-state index in [0.717, 1.165) is 0 Å². The van der Waals surface area contributed by atoms with Gasteiger partial charge in [0, 0.05) is 5.92 Å². The monoisotopic (exact) mass is 227 g/mol. The maximum absolute atomic E-state index is 11.3. The summed E-state index contributed by atoms with van der Waals surface area (Å²) in [6.45, 7) is 6.92. The molecule has 0 radical (unpaired) electrons. The van der Waals surface area contributed by atoms with E-state index in [-0.39, 0.29) is 0 Å². The van der Waals surface area contributed by atoms with Crippen molar-refractivity contribution in [2.75, 3.05) is 7.11 Å². The summed E-state index contributed by atoms with van der Waals surface area (Å²) in [6.07, 6.45) is -0.570. The van der Waals surface area contributed by atoms with Crippen LogP contribution in [0.5, 0.6) is 0 Å². The molecule has 0 heterocycles. The van der Waals surface area contributed by atoms with Crippen LogP contribution in [0.2, 0.25) is 0 Å². The molecule has 0 aromatic rings. The van der Waals surface area contributed by atoms with Gasteiger partial charge in [-0.1, -0.05) is 5.92 Å². The molecule has 0 fully saturated rings. The number of ether oxygens (including phenoxy) is 2. The zero-order valence-electron chi connectivity index (χ0n) is 10.2. The molecule has 0 aliphatic rings. The Bertz CT molecular complexity index is 319. The van der Waals surface area contributed by atoms with Gasteiger partial charge in [0.05, 0.1) is 13.2 Å². The number of carbonyl (C=O) groups excluding carboxylic acids is 2. The Labute approximate surface area is 95.5 Å². The summed E-state index contributed by atoms with van der Waals surface area (Å²) >= 11 is 0. The van der Waals surface area contributed by atoms with E-state index in [4.69, 9.17) is 4.74 Å². The standard InChI is InChI=1S/C11H17NO4/c1-8(6-7-9(13)15-5)12-10(14)16-11(2,3)4/h8H,1-5H3,(H,12,14). The third-order valence-electron chi connectivity index (χ3n) is 1.31. The van der Waals surface area contributed by atoms with E-state index in [1.54, 1.807) is 27.7 Å². The van der Waals surface area contributed by atoms with Crippen LogP contribution in [0.25, 0.3) is 0 Å². The molecule has 0 aliphatic carbocycles. The second-order valence-electron chi connectivity index (χ2n) is 4.13. The molecule has 0 aromatic heterocycles. The van der Waals surface area contributed by atoms with Crippen LogP contribution >= 0.6 is 0 Å². The minimum atomic E-state index is -0.641. The van der Waals surface area contributed by atoms with E-state index in [2.05, 4.69) is 21.9 Å². The number of hydrogen-bond donors (Lipinski definition) is 1. The molecule has 90 valence electrons. The van der Waals surface area contributed by atoms with Crippen molar-refractivity contribution >= 4 is 12.1 Å². The molecule has 0 aromatic carbocycles. The highest BCUT2D eigenvalue weighted by Crippen LogP contribution is 2.06. The zero-order chi connectivity index (χ0) is 12.8. The predicted molar refractivity (Wildman–Crippen MR) is 58.6 cm³/mol. The lowest BCUT2D eigenvalue weighted by Crippen LogP contribution is -2.37. The van der Waals surface area contributed by atoms with Crippen molar-refractivity contribution < 1.29 is 19.1 Å². The van der Waals surface area contributed by atoms with E-state index in [1.165, 1.54) is 7.11 Å². The predicted octanol–water partition coefficient (Wildman–Crippen LogP) is 1.08. The van der Waals surface area contributed by atoms with Crippen molar-refractivity contribution in [1.29, 1.82) is 0 Å². The van der Waals surface area contributed by atoms with Gasteiger partial charge in [0.2, 0.25) is 0 Å². The summed E-state index contributed by atoms with van der Waals surface area (Å²) in [5.41, 5.74) is -0.556. The Kier molecular flexibility index (Phi) is 5.37. The van der Waals surface area contributed by atoms with Crippen LogP contribution in [0.3, 0.4) is 0 Å². The maximum Gasteiger partial charge on any atom is 0.408 e. The maximum atomic E-state index is 11.3. The fourth-order valence-corrected chi connectivity index (χ4v) is 0.739. The number of alkyl carbamates (subject to hydrolysis) is 1. The molecule has 1 amide bonds. The summed E-state index contributed by atoms with van der Waals surface area (Å²) in [5, 5.41) is 2.47. The first-order valence-electron chi connectivity index (χ1n) is 4.83. The average molecular weight is 227 g/mol. The molecule has 0 aliphatic heterocycles. The van der Waals surface area contributed by atoms with Crippen molar-refractivity contribution in [2.45, 2.75) is 39.3 Å². The van der Waals surface area contributed by atoms with Crippen LogP contribution in [0.1, 0.15) is 27.7 Å². The van der Waals surface area contributed by atoms with Gasteiger partial charge in [-0.2, -0.15) is 0 Å². The zero-order valence-corrected chi connectivity index (χ0v) is 10.2. The van der Waals surface area contributed by atoms with E-state index in [9.17, 15) is 9.59 Å². The smallest absolute Gasteiger partial charge is 0.408 e. The Morgan fingerprint density at radius 1 is 1.31 bits per heavy atom. The molecule has 0 spiro atoms. The van der Waals surface area contributed by atoms with Gasteiger partial charge in [0.25, 0.3) is 0 Å². The summed E-state index contributed by atoms with van der Waals surface area (Å²) in [5.74, 6) is 4.09. The van der Waals surface area contributed by atoms with Crippen LogP contribution in [-0.2, 0) is 14.3 Å². The lowest BCUT2D eigenvalue weighted by Gasteiger charge is -2.20. The highest BCUT2D eigenvalue weighted by molar-refractivity contribution is 5.88. The number of carbonyl (C=O) groups is 2. The fourth-order valence-electron chi connectivity index (χ4n) is 0.739. The van der Waals surface area contributed by atoms with Crippen LogP contribution in [0.15, 0.2) is 0 Å². The van der Waals surface area contributed by atoms with Crippen LogP contribution in [0.4, 0.5) is 4.79 Å². The normalized spacial score (nSPS) is 11.8. The SMILES string of the molecule is COC(=O)C#CC(C)NC(=O)OC(C)(C)C. The molecule has 1 N–H and O–H groups in total. The van der Waals surface area contributed by atoms with Crippen molar-refractivity contribution in [3.05, 3.63) is 0 Å². The quantitative estimate of drug-likeness (QED) is 0.413. The van der Waals surface area contributed by atoms with E-state index < -0.39 is 23.7 Å². The summed E-state index contributed by atoms with van der Waals surface area (Å²) in [6, 6.07) is -0.478. The summed E-state index contributed by atoms with van der Waals surface area (Å²) in [7, 11) is 1.24. The second-order valence-corrected chi connectivity index (χ2v) is 4.13. The van der Waals surface area contributed by atoms with Crippen molar-refractivity contribution in [1.82, 2.24) is 5.32 Å². The van der Waals surface area contributed by atoms with Gasteiger partial charge in [-0.25, -0.2) is 9.59 Å². The molecule has 0 saturated carbocycles. The number of methoxy groups -OCH3 is 1. The van der Waals surface area contributed by atoms with E-state index >= 15 is 0 Å². The lowest BCUT2D eigenvalue weighted by molar-refractivity contribution is -0.133. The Balaban J connectivity index is 4.14. The molecular formula is C11H17NO4. The molecular weight excluding hydrogens is 210 g/mol. The number of esters is 1. The largest absolute Gasteiger partial charge is 0.459 e. The first kappa shape index (κ1) is 14.3. The average Bonchev–Trinajstić information content (AvgIpc) is 2.10. The Morgan fingerprint density at radius 2 is 1.88 bits per heavy atom. The van der Waals surface area contributed by atoms with Gasteiger partial charge in [-0.15, -0.1) is 0 Å². The highest BCUT2D eigenvalue weighted by Gasteiger charge is 2.16. The third kappa shape index (κ3) is 7.68. The molecule has 16 heavy (non-hydrogen) atoms. The van der Waals surface area contributed by atoms with Crippen LogP contribution in [-0.4, -0.2) is 30.8 Å². The van der Waals surface area contributed by atoms with Gasteiger partial charge < -0.3 is 14.8 Å². The van der Waals surface area contributed by atoms with Gasteiger partial charge in [-0.05, 0) is 27.7 Å². The molecule has 5 nitrogen and oxygen atoms in total. The van der Waals surface area contributed by atoms with Crippen molar-refractivity contribution in [2.24, 2.45) is 0 Å². The Hall–Kier alpha value is -1.70. The van der Waals surface area contributed by atoms with Gasteiger partial charge in [0.1, 0.15) is 5.60 Å². The minimum absolute atomic E-state index is 0.478. The molecule has 5 heteroatoms. The van der Waals surface area contributed by atoms with Gasteiger partial charge >= 0.3 is 12.1 Å². The highest BCUT2D eigenvalue weighted by atomic mass is 16.6. The Morgan fingerprint density at radius 3 is 2.31 bits per heavy atom. The van der Waals surface area contributed by atoms with Gasteiger partial charge in [0.15, 0.2) is 0 Å². The van der Waals surface area contributed by atoms with Crippen molar-refractivity contribution in [3.63, 3.8) is 0 Å². The number of hydrogen-bond acceptors (Lipinski definition) is 4. The van der Waals surface area contributed by atoms with E-state index in [0.29, 0.717) is 0 Å². The third-order valence-corrected chi connectivity index (χ3v) is 1.31. The molecule has 0 bridgehead atoms. The first-order chi connectivity index (χ1) is 7.24. The number of nitrogens with one attached hydrogen (secondary N) is 1. The second kappa shape index (κ2) is 6.01. The van der Waals surface area contributed by atoms with E-state index in [1.807, 2.05) is 0 Å². The summed E-state index contributed by atoms with van der Waals surface area (Å²) < 4.78 is 9.34. The first-order valence-corrected chi connectivity index (χ1v) is 4.83. The minimum Gasteiger partial charge on any atom is -0.459 e. The molecule has 1 atom stereocenters. The van der Waals surface area contributed by atoms with Gasteiger partial charge in [-0.3, -0.25) is 0 Å². The number of rotatable bonds is 1. The number of amides is 1. The lowest BCUT2D eigenvalue weighted by atomic mass is 10.2. The fraction of sp³-hybridized carbons (Fsp3) is 0.636. The molecule has 1 unspecified atom stereocenters.